The number of hydrogen-bond acceptors (Lipinski definition) is 3. The van der Waals surface area contributed by atoms with Crippen LogP contribution in [0.3, 0.4) is 0 Å². The Balaban J connectivity index is 2.14. The molecule has 1 aromatic heterocycles. The van der Waals surface area contributed by atoms with Crippen LogP contribution in [-0.4, -0.2) is 11.0 Å². The summed E-state index contributed by atoms with van der Waals surface area (Å²) in [7, 11) is 0. The number of hydrogen-bond donors (Lipinski definition) is 1. The molecular weight excluding hydrogens is 144 g/mol. The second kappa shape index (κ2) is 2.32. The number of aromatic nitrogens is 1. The molecule has 2 N–H and O–H groups in total. The third-order valence-electron chi connectivity index (χ3n) is 2.10. The molecule has 0 amide bonds. The first-order chi connectivity index (χ1) is 4.88. The van der Waals surface area contributed by atoms with Gasteiger partial charge in [-0.1, -0.05) is 0 Å². The van der Waals surface area contributed by atoms with Crippen LogP contribution in [-0.2, 0) is 0 Å². The number of thiazole rings is 1. The molecule has 1 aliphatic carbocycles. The third kappa shape index (κ3) is 0.859. The zero-order valence-electron chi connectivity index (χ0n) is 5.66. The molecule has 2 atom stereocenters. The first-order valence-corrected chi connectivity index (χ1v) is 4.41. The highest BCUT2D eigenvalue weighted by Crippen LogP contribution is 2.36. The van der Waals surface area contributed by atoms with E-state index in [-0.39, 0.29) is 0 Å². The van der Waals surface area contributed by atoms with Gasteiger partial charge in [0.25, 0.3) is 0 Å². The summed E-state index contributed by atoms with van der Waals surface area (Å²) in [4.78, 5) is 4.23. The summed E-state index contributed by atoms with van der Waals surface area (Å²) < 4.78 is 0. The van der Waals surface area contributed by atoms with Crippen molar-refractivity contribution in [2.45, 2.75) is 24.8 Å². The van der Waals surface area contributed by atoms with Gasteiger partial charge in [-0.15, -0.1) is 11.3 Å². The zero-order valence-corrected chi connectivity index (χ0v) is 6.47. The van der Waals surface area contributed by atoms with E-state index in [0.29, 0.717) is 12.0 Å². The molecule has 0 bridgehead atoms. The summed E-state index contributed by atoms with van der Waals surface area (Å²) in [5.74, 6) is 0.569. The van der Waals surface area contributed by atoms with Crippen LogP contribution in [0.1, 0.15) is 23.8 Å². The van der Waals surface area contributed by atoms with E-state index in [1.807, 2.05) is 11.6 Å². The lowest BCUT2D eigenvalue weighted by Gasteiger charge is -2.31. The summed E-state index contributed by atoms with van der Waals surface area (Å²) in [6, 6.07) is 0.381. The van der Waals surface area contributed by atoms with Gasteiger partial charge in [0, 0.05) is 23.5 Å². The molecule has 3 heteroatoms. The lowest BCUT2D eigenvalue weighted by molar-refractivity contribution is 0.346. The van der Waals surface area contributed by atoms with Crippen LogP contribution in [0.4, 0.5) is 0 Å². The molecule has 0 unspecified atom stereocenters. The lowest BCUT2D eigenvalue weighted by atomic mass is 9.81. The highest BCUT2D eigenvalue weighted by Gasteiger charge is 2.30. The quantitative estimate of drug-likeness (QED) is 0.663. The van der Waals surface area contributed by atoms with Gasteiger partial charge < -0.3 is 5.73 Å². The highest BCUT2D eigenvalue weighted by molar-refractivity contribution is 7.09. The topological polar surface area (TPSA) is 38.9 Å². The average Bonchev–Trinajstić information content (AvgIpc) is 2.37. The van der Waals surface area contributed by atoms with Crippen molar-refractivity contribution in [2.24, 2.45) is 5.73 Å². The smallest absolute Gasteiger partial charge is 0.0971 e. The molecule has 1 aromatic rings. The Hall–Kier alpha value is -0.410. The van der Waals surface area contributed by atoms with E-state index in [9.17, 15) is 0 Å². The summed E-state index contributed by atoms with van der Waals surface area (Å²) in [5.41, 5.74) is 5.78. The molecule has 54 valence electrons. The van der Waals surface area contributed by atoms with E-state index in [1.54, 1.807) is 11.3 Å². The Bertz CT molecular complexity index is 207. The van der Waals surface area contributed by atoms with Crippen molar-refractivity contribution in [3.63, 3.8) is 0 Å². The molecule has 1 fully saturated rings. The van der Waals surface area contributed by atoms with Crippen LogP contribution in [0.2, 0.25) is 0 Å². The standard InChI is InChI=1S/C7H10N2S/c8-6-2-1-5(6)7-9-3-4-10-7/h3-6H,1-2,8H2/t5-,6+/m1/s1. The number of rotatable bonds is 1. The van der Waals surface area contributed by atoms with Crippen LogP contribution in [0.15, 0.2) is 11.6 Å². The van der Waals surface area contributed by atoms with Gasteiger partial charge in [0.15, 0.2) is 0 Å². The van der Waals surface area contributed by atoms with Crippen molar-refractivity contribution in [1.29, 1.82) is 0 Å². The van der Waals surface area contributed by atoms with E-state index in [0.717, 1.165) is 0 Å². The molecule has 2 nitrogen and oxygen atoms in total. The van der Waals surface area contributed by atoms with Crippen molar-refractivity contribution in [1.82, 2.24) is 4.98 Å². The molecule has 10 heavy (non-hydrogen) atoms. The van der Waals surface area contributed by atoms with E-state index in [4.69, 9.17) is 5.73 Å². The predicted molar refractivity (Wildman–Crippen MR) is 42.1 cm³/mol. The highest BCUT2D eigenvalue weighted by atomic mass is 32.1. The third-order valence-corrected chi connectivity index (χ3v) is 3.00. The minimum absolute atomic E-state index is 0.381. The minimum atomic E-state index is 0.381. The Morgan fingerprint density at radius 2 is 2.50 bits per heavy atom. The van der Waals surface area contributed by atoms with Gasteiger partial charge in [-0.3, -0.25) is 0 Å². The lowest BCUT2D eigenvalue weighted by Crippen LogP contribution is -2.37. The first-order valence-electron chi connectivity index (χ1n) is 3.53. The molecule has 0 aromatic carbocycles. The van der Waals surface area contributed by atoms with E-state index in [1.165, 1.54) is 17.8 Å². The van der Waals surface area contributed by atoms with Crippen molar-refractivity contribution in [2.75, 3.05) is 0 Å². The van der Waals surface area contributed by atoms with Gasteiger partial charge in [0.2, 0.25) is 0 Å². The van der Waals surface area contributed by atoms with Crippen molar-refractivity contribution >= 4 is 11.3 Å². The van der Waals surface area contributed by atoms with Crippen molar-refractivity contribution < 1.29 is 0 Å². The normalized spacial score (nSPS) is 31.7. The Kier molecular flexibility index (Phi) is 1.47. The molecule has 1 heterocycles. The minimum Gasteiger partial charge on any atom is -0.327 e. The van der Waals surface area contributed by atoms with Gasteiger partial charge >= 0.3 is 0 Å². The van der Waals surface area contributed by atoms with Crippen molar-refractivity contribution in [3.8, 4) is 0 Å². The molecule has 0 aliphatic heterocycles. The second-order valence-corrected chi connectivity index (χ2v) is 3.64. The largest absolute Gasteiger partial charge is 0.327 e. The Morgan fingerprint density at radius 1 is 1.60 bits per heavy atom. The maximum atomic E-state index is 5.78. The molecule has 0 spiro atoms. The average molecular weight is 154 g/mol. The van der Waals surface area contributed by atoms with Gasteiger partial charge in [-0.25, -0.2) is 4.98 Å². The maximum Gasteiger partial charge on any atom is 0.0971 e. The van der Waals surface area contributed by atoms with Crippen LogP contribution in [0, 0.1) is 0 Å². The van der Waals surface area contributed by atoms with Gasteiger partial charge in [-0.2, -0.15) is 0 Å². The molecular formula is C7H10N2S. The number of nitrogens with zero attached hydrogens (tertiary/aromatic N) is 1. The first kappa shape index (κ1) is 6.31. The summed E-state index contributed by atoms with van der Waals surface area (Å²) >= 11 is 1.72. The van der Waals surface area contributed by atoms with Crippen LogP contribution in [0.25, 0.3) is 0 Å². The fraction of sp³-hybridized carbons (Fsp3) is 0.571. The number of nitrogens with two attached hydrogens (primary N) is 1. The molecule has 2 rings (SSSR count). The van der Waals surface area contributed by atoms with Crippen LogP contribution < -0.4 is 5.73 Å². The second-order valence-electron chi connectivity index (χ2n) is 2.72. The maximum absolute atomic E-state index is 5.78. The van der Waals surface area contributed by atoms with Gasteiger partial charge in [-0.05, 0) is 12.8 Å². The molecule has 0 saturated heterocycles. The summed E-state index contributed by atoms with van der Waals surface area (Å²) in [6.45, 7) is 0. The summed E-state index contributed by atoms with van der Waals surface area (Å²) in [5, 5.41) is 3.24. The molecule has 1 saturated carbocycles. The fourth-order valence-electron chi connectivity index (χ4n) is 1.25. The molecule has 1 aliphatic rings. The monoisotopic (exact) mass is 154 g/mol. The van der Waals surface area contributed by atoms with E-state index in [2.05, 4.69) is 4.98 Å². The Labute approximate surface area is 64.1 Å². The SMILES string of the molecule is N[C@H]1CC[C@H]1c1nccs1. The van der Waals surface area contributed by atoms with Crippen LogP contribution >= 0.6 is 11.3 Å². The predicted octanol–water partition coefficient (Wildman–Crippen LogP) is 1.35. The van der Waals surface area contributed by atoms with Crippen molar-refractivity contribution in [3.05, 3.63) is 16.6 Å². The Morgan fingerprint density at radius 3 is 2.90 bits per heavy atom. The summed E-state index contributed by atoms with van der Waals surface area (Å²) in [6.07, 6.45) is 4.25. The molecule has 0 radical (unpaired) electrons. The zero-order chi connectivity index (χ0) is 6.97. The van der Waals surface area contributed by atoms with Gasteiger partial charge in [0.1, 0.15) is 0 Å². The van der Waals surface area contributed by atoms with E-state index >= 15 is 0 Å². The van der Waals surface area contributed by atoms with Gasteiger partial charge in [0.05, 0.1) is 5.01 Å². The van der Waals surface area contributed by atoms with Crippen LogP contribution in [0.5, 0.6) is 0 Å². The van der Waals surface area contributed by atoms with E-state index < -0.39 is 0 Å². The fourth-order valence-corrected chi connectivity index (χ4v) is 2.10.